The SMILES string of the molecule is CSc1ccc(C)c(Cl)c1OC(C)C. The highest BCUT2D eigenvalue weighted by Crippen LogP contribution is 2.37. The summed E-state index contributed by atoms with van der Waals surface area (Å²) in [5, 5.41) is 0.727. The van der Waals surface area contributed by atoms with Gasteiger partial charge in [-0.2, -0.15) is 0 Å². The Bertz CT molecular complexity index is 323. The molecular formula is C11H15ClOS. The van der Waals surface area contributed by atoms with Crippen LogP contribution in [0.1, 0.15) is 19.4 Å². The molecule has 3 heteroatoms. The summed E-state index contributed by atoms with van der Waals surface area (Å²) in [4.78, 5) is 1.09. The third-order valence-electron chi connectivity index (χ3n) is 1.83. The average molecular weight is 231 g/mol. The fourth-order valence-corrected chi connectivity index (χ4v) is 1.95. The summed E-state index contributed by atoms with van der Waals surface area (Å²) in [5.74, 6) is 0.814. The second kappa shape index (κ2) is 4.94. The minimum Gasteiger partial charge on any atom is -0.488 e. The fraction of sp³-hybridized carbons (Fsp3) is 0.455. The zero-order valence-corrected chi connectivity index (χ0v) is 10.5. The lowest BCUT2D eigenvalue weighted by Gasteiger charge is -2.15. The van der Waals surface area contributed by atoms with Gasteiger partial charge in [0.1, 0.15) is 0 Å². The van der Waals surface area contributed by atoms with Gasteiger partial charge >= 0.3 is 0 Å². The van der Waals surface area contributed by atoms with E-state index in [9.17, 15) is 0 Å². The molecule has 0 radical (unpaired) electrons. The van der Waals surface area contributed by atoms with Gasteiger partial charge < -0.3 is 4.74 Å². The Morgan fingerprint density at radius 3 is 2.50 bits per heavy atom. The summed E-state index contributed by atoms with van der Waals surface area (Å²) < 4.78 is 5.70. The maximum atomic E-state index is 6.18. The van der Waals surface area contributed by atoms with Crippen LogP contribution in [0.3, 0.4) is 0 Å². The van der Waals surface area contributed by atoms with Crippen molar-refractivity contribution in [1.29, 1.82) is 0 Å². The standard InChI is InChI=1S/C11H15ClOS/c1-7(2)13-11-9(14-4)6-5-8(3)10(11)12/h5-7H,1-4H3. The highest BCUT2D eigenvalue weighted by Gasteiger charge is 2.11. The van der Waals surface area contributed by atoms with Crippen LogP contribution >= 0.6 is 23.4 Å². The Balaban J connectivity index is 3.14. The smallest absolute Gasteiger partial charge is 0.152 e. The molecule has 0 N–H and O–H groups in total. The van der Waals surface area contributed by atoms with E-state index in [2.05, 4.69) is 0 Å². The van der Waals surface area contributed by atoms with Crippen molar-refractivity contribution in [2.24, 2.45) is 0 Å². The number of ether oxygens (including phenoxy) is 1. The first-order valence-corrected chi connectivity index (χ1v) is 6.16. The molecule has 14 heavy (non-hydrogen) atoms. The van der Waals surface area contributed by atoms with Crippen LogP contribution in [-0.4, -0.2) is 12.4 Å². The van der Waals surface area contributed by atoms with Crippen molar-refractivity contribution in [2.75, 3.05) is 6.26 Å². The van der Waals surface area contributed by atoms with Gasteiger partial charge in [0, 0.05) is 0 Å². The van der Waals surface area contributed by atoms with E-state index in [0.29, 0.717) is 0 Å². The minimum atomic E-state index is 0.153. The van der Waals surface area contributed by atoms with Crippen molar-refractivity contribution >= 4 is 23.4 Å². The largest absolute Gasteiger partial charge is 0.488 e. The predicted molar refractivity (Wildman–Crippen MR) is 63.7 cm³/mol. The Morgan fingerprint density at radius 1 is 1.36 bits per heavy atom. The molecule has 0 unspecified atom stereocenters. The lowest BCUT2D eigenvalue weighted by atomic mass is 10.2. The van der Waals surface area contributed by atoms with E-state index in [4.69, 9.17) is 16.3 Å². The van der Waals surface area contributed by atoms with Crippen molar-refractivity contribution in [2.45, 2.75) is 31.8 Å². The summed E-state index contributed by atoms with van der Waals surface area (Å²) in [6.45, 7) is 5.99. The first-order valence-electron chi connectivity index (χ1n) is 4.56. The first-order chi connectivity index (χ1) is 6.56. The van der Waals surface area contributed by atoms with Gasteiger partial charge in [-0.1, -0.05) is 17.7 Å². The van der Waals surface area contributed by atoms with Gasteiger partial charge in [-0.15, -0.1) is 11.8 Å². The molecule has 0 aromatic heterocycles. The molecule has 78 valence electrons. The monoisotopic (exact) mass is 230 g/mol. The van der Waals surface area contributed by atoms with Crippen LogP contribution < -0.4 is 4.74 Å². The lowest BCUT2D eigenvalue weighted by molar-refractivity contribution is 0.236. The van der Waals surface area contributed by atoms with Gasteiger partial charge in [0.25, 0.3) is 0 Å². The molecule has 1 aromatic carbocycles. The van der Waals surface area contributed by atoms with Crippen molar-refractivity contribution in [3.63, 3.8) is 0 Å². The lowest BCUT2D eigenvalue weighted by Crippen LogP contribution is -2.07. The van der Waals surface area contributed by atoms with Crippen molar-refractivity contribution in [1.82, 2.24) is 0 Å². The zero-order chi connectivity index (χ0) is 10.7. The Morgan fingerprint density at radius 2 is 2.00 bits per heavy atom. The highest BCUT2D eigenvalue weighted by molar-refractivity contribution is 7.98. The molecular weight excluding hydrogens is 216 g/mol. The molecule has 0 aliphatic heterocycles. The molecule has 0 amide bonds. The summed E-state index contributed by atoms with van der Waals surface area (Å²) in [6, 6.07) is 4.06. The number of aryl methyl sites for hydroxylation is 1. The maximum Gasteiger partial charge on any atom is 0.152 e. The molecule has 0 aliphatic carbocycles. The van der Waals surface area contributed by atoms with Gasteiger partial charge in [-0.05, 0) is 38.7 Å². The molecule has 0 fully saturated rings. The van der Waals surface area contributed by atoms with Gasteiger partial charge in [0.05, 0.1) is 16.0 Å². The molecule has 0 saturated heterocycles. The van der Waals surface area contributed by atoms with Gasteiger partial charge in [-0.3, -0.25) is 0 Å². The number of thioether (sulfide) groups is 1. The first kappa shape index (κ1) is 11.7. The van der Waals surface area contributed by atoms with E-state index in [1.165, 1.54) is 0 Å². The van der Waals surface area contributed by atoms with Crippen molar-refractivity contribution in [3.8, 4) is 5.75 Å². The molecule has 0 bridgehead atoms. The van der Waals surface area contributed by atoms with Crippen LogP contribution in [0.15, 0.2) is 17.0 Å². The van der Waals surface area contributed by atoms with Crippen LogP contribution in [0.25, 0.3) is 0 Å². The second-order valence-corrected chi connectivity index (χ2v) is 4.62. The Labute approximate surface area is 94.8 Å². The van der Waals surface area contributed by atoms with Crippen LogP contribution in [0.4, 0.5) is 0 Å². The predicted octanol–water partition coefficient (Wildman–Crippen LogP) is 4.16. The molecule has 1 nitrogen and oxygen atoms in total. The van der Waals surface area contributed by atoms with Crippen molar-refractivity contribution < 1.29 is 4.74 Å². The van der Waals surface area contributed by atoms with Gasteiger partial charge in [-0.25, -0.2) is 0 Å². The molecule has 0 aliphatic rings. The third kappa shape index (κ3) is 2.58. The van der Waals surface area contributed by atoms with E-state index in [1.54, 1.807) is 11.8 Å². The molecule has 0 spiro atoms. The molecule has 1 rings (SSSR count). The van der Waals surface area contributed by atoms with Gasteiger partial charge in [0.2, 0.25) is 0 Å². The second-order valence-electron chi connectivity index (χ2n) is 3.39. The third-order valence-corrected chi connectivity index (χ3v) is 3.06. The number of rotatable bonds is 3. The number of hydrogen-bond donors (Lipinski definition) is 0. The summed E-state index contributed by atoms with van der Waals surface area (Å²) in [5.41, 5.74) is 1.06. The Hall–Kier alpha value is -0.340. The zero-order valence-electron chi connectivity index (χ0n) is 8.93. The average Bonchev–Trinajstić information content (AvgIpc) is 2.13. The number of hydrogen-bond acceptors (Lipinski definition) is 2. The van der Waals surface area contributed by atoms with Crippen LogP contribution in [0, 0.1) is 6.92 Å². The minimum absolute atomic E-state index is 0.153. The topological polar surface area (TPSA) is 9.23 Å². The quantitative estimate of drug-likeness (QED) is 0.722. The van der Waals surface area contributed by atoms with E-state index in [-0.39, 0.29) is 6.10 Å². The normalized spacial score (nSPS) is 10.7. The van der Waals surface area contributed by atoms with Crippen molar-refractivity contribution in [3.05, 3.63) is 22.7 Å². The van der Waals surface area contributed by atoms with Crippen LogP contribution in [0.5, 0.6) is 5.75 Å². The van der Waals surface area contributed by atoms with Crippen LogP contribution in [0.2, 0.25) is 5.02 Å². The maximum absolute atomic E-state index is 6.18. The number of halogens is 1. The highest BCUT2D eigenvalue weighted by atomic mass is 35.5. The fourth-order valence-electron chi connectivity index (χ4n) is 1.14. The van der Waals surface area contributed by atoms with E-state index in [0.717, 1.165) is 21.2 Å². The summed E-state index contributed by atoms with van der Waals surface area (Å²) in [7, 11) is 0. The molecule has 0 heterocycles. The summed E-state index contributed by atoms with van der Waals surface area (Å²) in [6.07, 6.45) is 2.17. The Kier molecular flexibility index (Phi) is 4.14. The van der Waals surface area contributed by atoms with Gasteiger partial charge in [0.15, 0.2) is 5.75 Å². The number of benzene rings is 1. The van der Waals surface area contributed by atoms with E-state index >= 15 is 0 Å². The van der Waals surface area contributed by atoms with Crippen LogP contribution in [-0.2, 0) is 0 Å². The van der Waals surface area contributed by atoms with E-state index in [1.807, 2.05) is 39.2 Å². The molecule has 0 saturated carbocycles. The molecule has 0 atom stereocenters. The molecule has 1 aromatic rings. The van der Waals surface area contributed by atoms with E-state index < -0.39 is 0 Å². The summed E-state index contributed by atoms with van der Waals surface area (Å²) >= 11 is 7.83.